The van der Waals surface area contributed by atoms with Gasteiger partial charge in [0.05, 0.1) is 20.4 Å². The van der Waals surface area contributed by atoms with Crippen LogP contribution >= 0.6 is 15.9 Å². The molecule has 0 unspecified atom stereocenters. The molecule has 0 atom stereocenters. The highest BCUT2D eigenvalue weighted by atomic mass is 79.9. The van der Waals surface area contributed by atoms with Crippen LogP contribution in [0.15, 0.2) is 29.0 Å². The maximum atomic E-state index is 6.28. The Kier molecular flexibility index (Phi) is 7.46. The van der Waals surface area contributed by atoms with Crippen LogP contribution in [-0.2, 0) is 17.4 Å². The molecule has 0 saturated heterocycles. The van der Waals surface area contributed by atoms with Crippen molar-refractivity contribution in [3.63, 3.8) is 0 Å². The van der Waals surface area contributed by atoms with Gasteiger partial charge < -0.3 is 19.2 Å². The van der Waals surface area contributed by atoms with Crippen molar-refractivity contribution >= 4 is 35.7 Å². The molecule has 0 aliphatic heterocycles. The van der Waals surface area contributed by atoms with E-state index in [1.54, 1.807) is 24.9 Å². The summed E-state index contributed by atoms with van der Waals surface area (Å²) in [5, 5.41) is 8.15. The molecule has 3 aromatic rings. The van der Waals surface area contributed by atoms with Gasteiger partial charge in [0, 0.05) is 31.2 Å². The van der Waals surface area contributed by atoms with Gasteiger partial charge in [-0.3, -0.25) is 0 Å². The zero-order valence-electron chi connectivity index (χ0n) is 19.8. The number of hydrogen-bond donors (Lipinski definition) is 1. The zero-order valence-corrected chi connectivity index (χ0v) is 22.4. The number of rotatable bonds is 9. The average Bonchev–Trinajstić information content (AvgIpc) is 3.13. The molecule has 0 fully saturated rings. The van der Waals surface area contributed by atoms with Crippen molar-refractivity contribution in [1.82, 2.24) is 19.6 Å². The predicted molar refractivity (Wildman–Crippen MR) is 132 cm³/mol. The predicted octanol–water partition coefficient (Wildman–Crippen LogP) is 5.08. The van der Waals surface area contributed by atoms with Crippen molar-refractivity contribution < 1.29 is 13.9 Å². The summed E-state index contributed by atoms with van der Waals surface area (Å²) in [5.74, 6) is 2.86. The van der Waals surface area contributed by atoms with Gasteiger partial charge in [0.15, 0.2) is 25.6 Å². The molecule has 3 rings (SSSR count). The summed E-state index contributed by atoms with van der Waals surface area (Å²) in [6, 6.07) is 5.73. The van der Waals surface area contributed by atoms with E-state index >= 15 is 0 Å². The first-order chi connectivity index (χ1) is 15.0. The number of ether oxygens (including phenoxy) is 2. The summed E-state index contributed by atoms with van der Waals surface area (Å²) < 4.78 is 19.5. The fourth-order valence-corrected chi connectivity index (χ4v) is 4.34. The molecule has 1 aromatic carbocycles. The summed E-state index contributed by atoms with van der Waals surface area (Å²) in [4.78, 5) is 9.27. The second kappa shape index (κ2) is 9.76. The van der Waals surface area contributed by atoms with Gasteiger partial charge in [0.1, 0.15) is 16.1 Å². The lowest BCUT2D eigenvalue weighted by Gasteiger charge is -2.36. The van der Waals surface area contributed by atoms with E-state index in [0.29, 0.717) is 35.6 Å². The molecule has 0 bridgehead atoms. The van der Waals surface area contributed by atoms with E-state index in [4.69, 9.17) is 18.9 Å². The third-order valence-electron chi connectivity index (χ3n) is 5.87. The molecule has 10 heteroatoms. The number of halogens is 1. The quantitative estimate of drug-likeness (QED) is 0.393. The molecule has 0 spiro atoms. The molecule has 32 heavy (non-hydrogen) atoms. The Labute approximate surface area is 199 Å². The van der Waals surface area contributed by atoms with Crippen molar-refractivity contribution in [3.8, 4) is 11.5 Å². The number of aromatic nitrogens is 4. The number of nitrogens with zero attached hydrogens (tertiary/aromatic N) is 4. The van der Waals surface area contributed by atoms with E-state index < -0.39 is 8.32 Å². The van der Waals surface area contributed by atoms with Gasteiger partial charge in [-0.1, -0.05) is 20.8 Å². The van der Waals surface area contributed by atoms with E-state index in [1.807, 2.05) is 18.2 Å². The molecule has 0 aliphatic rings. The first-order valence-electron chi connectivity index (χ1n) is 10.5. The molecule has 2 heterocycles. The number of hydrogen-bond acceptors (Lipinski definition) is 7. The van der Waals surface area contributed by atoms with Crippen molar-refractivity contribution in [2.45, 2.75) is 51.9 Å². The number of nitrogens with one attached hydrogen (secondary N) is 1. The lowest BCUT2D eigenvalue weighted by molar-refractivity contribution is 0.289. The van der Waals surface area contributed by atoms with Crippen LogP contribution in [0, 0.1) is 0 Å². The van der Waals surface area contributed by atoms with Gasteiger partial charge in [-0.05, 0) is 46.2 Å². The summed E-state index contributed by atoms with van der Waals surface area (Å²) in [5.41, 5.74) is 1.65. The monoisotopic (exact) mass is 521 g/mol. The zero-order chi connectivity index (χ0) is 23.5. The minimum absolute atomic E-state index is 0.174. The van der Waals surface area contributed by atoms with Crippen molar-refractivity contribution in [2.24, 2.45) is 0 Å². The van der Waals surface area contributed by atoms with Gasteiger partial charge in [-0.25, -0.2) is 14.5 Å². The first-order valence-corrected chi connectivity index (χ1v) is 14.2. The maximum absolute atomic E-state index is 6.28. The second-order valence-electron chi connectivity index (χ2n) is 9.10. The minimum atomic E-state index is -1.80. The fraction of sp³-hybridized carbons (Fsp3) is 0.500. The Morgan fingerprint density at radius 1 is 1.12 bits per heavy atom. The van der Waals surface area contributed by atoms with Gasteiger partial charge in [0.2, 0.25) is 0 Å². The van der Waals surface area contributed by atoms with Crippen LogP contribution < -0.4 is 14.8 Å². The number of methoxy groups -OCH3 is 2. The largest absolute Gasteiger partial charge is 0.497 e. The van der Waals surface area contributed by atoms with Crippen LogP contribution in [0.4, 0.5) is 5.82 Å². The number of benzene rings is 1. The third kappa shape index (κ3) is 5.60. The Morgan fingerprint density at radius 2 is 1.88 bits per heavy atom. The first kappa shape index (κ1) is 24.5. The molecule has 2 aromatic heterocycles. The van der Waals surface area contributed by atoms with Gasteiger partial charge >= 0.3 is 0 Å². The average molecular weight is 523 g/mol. The Bertz CT molecular complexity index is 1080. The third-order valence-corrected chi connectivity index (χ3v) is 10.8. The summed E-state index contributed by atoms with van der Waals surface area (Å²) >= 11 is 3.47. The molecule has 174 valence electrons. The molecule has 0 aliphatic carbocycles. The number of anilines is 1. The molecule has 0 radical (unpaired) electrons. The van der Waals surface area contributed by atoms with E-state index in [0.717, 1.165) is 22.9 Å². The number of fused-ring (bicyclic) bond motifs is 1. The summed E-state index contributed by atoms with van der Waals surface area (Å²) in [6.45, 7) is 12.3. The Hall–Kier alpha value is -2.17. The molecule has 8 nitrogen and oxygen atoms in total. The highest BCUT2D eigenvalue weighted by Crippen LogP contribution is 2.36. The van der Waals surface area contributed by atoms with Crippen molar-refractivity contribution in [1.29, 1.82) is 0 Å². The molecule has 0 saturated carbocycles. The van der Waals surface area contributed by atoms with Crippen molar-refractivity contribution in [3.05, 3.63) is 40.4 Å². The normalized spacial score (nSPS) is 12.2. The van der Waals surface area contributed by atoms with Gasteiger partial charge in [-0.2, -0.15) is 5.10 Å². The summed E-state index contributed by atoms with van der Waals surface area (Å²) in [7, 11) is 1.48. The lowest BCUT2D eigenvalue weighted by atomic mass is 10.2. The maximum Gasteiger partial charge on any atom is 0.198 e. The fourth-order valence-electron chi connectivity index (χ4n) is 2.92. The minimum Gasteiger partial charge on any atom is -0.497 e. The van der Waals surface area contributed by atoms with Crippen LogP contribution in [0.2, 0.25) is 18.1 Å². The molecular formula is C22H32BrN5O3Si. The van der Waals surface area contributed by atoms with Crippen LogP contribution in [0.3, 0.4) is 0 Å². The van der Waals surface area contributed by atoms with E-state index in [1.165, 1.54) is 0 Å². The second-order valence-corrected chi connectivity index (χ2v) is 14.7. The van der Waals surface area contributed by atoms with Crippen LogP contribution in [0.1, 0.15) is 32.2 Å². The van der Waals surface area contributed by atoms with E-state index in [-0.39, 0.29) is 5.04 Å². The van der Waals surface area contributed by atoms with Crippen LogP contribution in [0.5, 0.6) is 11.5 Å². The van der Waals surface area contributed by atoms with E-state index in [9.17, 15) is 0 Å². The SMILES string of the molecule is COc1ccc(CNc2nc(Br)cn3nc(CCO[Si](C)(C)C(C)(C)C)nc23)c(OC)c1. The van der Waals surface area contributed by atoms with E-state index in [2.05, 4.69) is 65.2 Å². The smallest absolute Gasteiger partial charge is 0.198 e. The molecular weight excluding hydrogens is 490 g/mol. The molecule has 1 N–H and O–H groups in total. The van der Waals surface area contributed by atoms with Gasteiger partial charge in [-0.15, -0.1) is 0 Å². The lowest BCUT2D eigenvalue weighted by Crippen LogP contribution is -2.41. The Morgan fingerprint density at radius 3 is 2.53 bits per heavy atom. The molecule has 0 amide bonds. The standard InChI is InChI=1S/C22H32BrN5O3Si/c1-22(2,3)32(6,7)31-11-10-19-26-21-20(25-18(23)14-28(21)27-19)24-13-15-8-9-16(29-4)12-17(15)30-5/h8-9,12,14H,10-11,13H2,1-7H3,(H,24,25). The highest BCUT2D eigenvalue weighted by Gasteiger charge is 2.36. The highest BCUT2D eigenvalue weighted by molar-refractivity contribution is 9.10. The topological polar surface area (TPSA) is 82.8 Å². The Balaban J connectivity index is 1.75. The van der Waals surface area contributed by atoms with Crippen LogP contribution in [0.25, 0.3) is 5.65 Å². The van der Waals surface area contributed by atoms with Crippen molar-refractivity contribution in [2.75, 3.05) is 26.1 Å². The van der Waals surface area contributed by atoms with Crippen LogP contribution in [-0.4, -0.2) is 48.7 Å². The summed E-state index contributed by atoms with van der Waals surface area (Å²) in [6.07, 6.45) is 2.46. The van der Waals surface area contributed by atoms with Gasteiger partial charge in [0.25, 0.3) is 0 Å².